The molecule has 0 saturated heterocycles. The Morgan fingerprint density at radius 2 is 1.24 bits per heavy atom. The zero-order valence-electron chi connectivity index (χ0n) is 17.3. The molecule has 1 heteroatoms. The fourth-order valence-electron chi connectivity index (χ4n) is 2.84. The number of hydrogen-bond acceptors (Lipinski definition) is 1. The van der Waals surface area contributed by atoms with E-state index in [1.165, 1.54) is 44.1 Å². The van der Waals surface area contributed by atoms with Gasteiger partial charge in [-0.2, -0.15) is 0 Å². The molecule has 1 N–H and O–H groups in total. The lowest BCUT2D eigenvalue weighted by Gasteiger charge is -2.27. The van der Waals surface area contributed by atoms with E-state index in [-0.39, 0.29) is 12.0 Å². The third-order valence-corrected chi connectivity index (χ3v) is 4.52. The van der Waals surface area contributed by atoms with Crippen LogP contribution in [0, 0.1) is 5.41 Å². The number of aliphatic hydroxyl groups excluding tert-OH is 1. The Labute approximate surface area is 157 Å². The van der Waals surface area contributed by atoms with E-state index in [1.54, 1.807) is 0 Å². The van der Waals surface area contributed by atoms with E-state index >= 15 is 0 Å². The third kappa shape index (κ3) is 10.5. The lowest BCUT2D eigenvalue weighted by atomic mass is 9.78. The largest absolute Gasteiger partial charge is 0.395 e. The monoisotopic (exact) mass is 346 g/mol. The quantitative estimate of drug-likeness (QED) is 0.184. The molecule has 144 valence electrons. The van der Waals surface area contributed by atoms with Crippen LogP contribution in [0.5, 0.6) is 0 Å². The maximum Gasteiger partial charge on any atom is 0.0597 e. The van der Waals surface area contributed by atoms with Gasteiger partial charge in [-0.05, 0) is 31.3 Å². The van der Waals surface area contributed by atoms with Crippen LogP contribution in [0.2, 0.25) is 0 Å². The highest BCUT2D eigenvalue weighted by Crippen LogP contribution is 2.33. The van der Waals surface area contributed by atoms with Gasteiger partial charge in [0.25, 0.3) is 0 Å². The van der Waals surface area contributed by atoms with Crippen LogP contribution in [0.25, 0.3) is 0 Å². The van der Waals surface area contributed by atoms with E-state index in [4.69, 9.17) is 0 Å². The average molecular weight is 347 g/mol. The van der Waals surface area contributed by atoms with Crippen molar-refractivity contribution in [2.75, 3.05) is 6.61 Å². The lowest BCUT2D eigenvalue weighted by molar-refractivity contribution is 0.231. The summed E-state index contributed by atoms with van der Waals surface area (Å²) >= 11 is 0. The second kappa shape index (κ2) is 16.4. The molecule has 1 nitrogen and oxygen atoms in total. The number of allylic oxidation sites excluding steroid dienone is 5. The molecule has 0 unspecified atom stereocenters. The van der Waals surface area contributed by atoms with Crippen LogP contribution in [-0.4, -0.2) is 11.7 Å². The number of rotatable bonds is 15. The van der Waals surface area contributed by atoms with Crippen molar-refractivity contribution in [3.63, 3.8) is 0 Å². The van der Waals surface area contributed by atoms with Crippen LogP contribution in [-0.2, 0) is 0 Å². The van der Waals surface area contributed by atoms with E-state index in [1.807, 2.05) is 0 Å². The first-order chi connectivity index (χ1) is 12.2. The second-order valence-corrected chi connectivity index (χ2v) is 6.90. The molecule has 0 aliphatic carbocycles. The van der Waals surface area contributed by atoms with Crippen LogP contribution in [0.1, 0.15) is 91.9 Å². The Morgan fingerprint density at radius 3 is 1.64 bits per heavy atom. The molecule has 0 aromatic heterocycles. The van der Waals surface area contributed by atoms with Gasteiger partial charge in [-0.3, -0.25) is 0 Å². The molecule has 0 heterocycles. The molecule has 0 atom stereocenters. The first-order valence-corrected chi connectivity index (χ1v) is 10.5. The fraction of sp³-hybridized carbons (Fsp3) is 0.667. The first-order valence-electron chi connectivity index (χ1n) is 10.5. The first kappa shape index (κ1) is 23.9. The van der Waals surface area contributed by atoms with Crippen molar-refractivity contribution in [2.24, 2.45) is 5.41 Å². The third-order valence-electron chi connectivity index (χ3n) is 4.52. The SMILES string of the molecule is CC/C=C(/C=C\CCCC)C(/C=C/CCCC)(/C=C/CCCC)CO. The van der Waals surface area contributed by atoms with Crippen LogP contribution in [0.4, 0.5) is 0 Å². The van der Waals surface area contributed by atoms with Crippen LogP contribution < -0.4 is 0 Å². The Hall–Kier alpha value is -1.08. The summed E-state index contributed by atoms with van der Waals surface area (Å²) in [6.45, 7) is 8.96. The molecule has 0 saturated carbocycles. The van der Waals surface area contributed by atoms with Crippen molar-refractivity contribution in [3.8, 4) is 0 Å². The van der Waals surface area contributed by atoms with Crippen molar-refractivity contribution in [2.45, 2.75) is 91.9 Å². The molecule has 0 fully saturated rings. The summed E-state index contributed by atoms with van der Waals surface area (Å²) < 4.78 is 0. The molecule has 0 radical (unpaired) electrons. The Morgan fingerprint density at radius 1 is 0.760 bits per heavy atom. The van der Waals surface area contributed by atoms with Crippen LogP contribution in [0.15, 0.2) is 48.1 Å². The predicted molar refractivity (Wildman–Crippen MR) is 114 cm³/mol. The number of aliphatic hydroxyl groups is 1. The van der Waals surface area contributed by atoms with Crippen molar-refractivity contribution < 1.29 is 5.11 Å². The number of unbranched alkanes of at least 4 members (excludes halogenated alkanes) is 6. The summed E-state index contributed by atoms with van der Waals surface area (Å²) in [6, 6.07) is 0. The van der Waals surface area contributed by atoms with Gasteiger partial charge in [0.2, 0.25) is 0 Å². The van der Waals surface area contributed by atoms with Gasteiger partial charge in [-0.15, -0.1) is 0 Å². The maximum atomic E-state index is 10.3. The van der Waals surface area contributed by atoms with Gasteiger partial charge in [0.1, 0.15) is 0 Å². The van der Waals surface area contributed by atoms with Gasteiger partial charge in [0.15, 0.2) is 0 Å². The fourth-order valence-corrected chi connectivity index (χ4v) is 2.84. The lowest BCUT2D eigenvalue weighted by Crippen LogP contribution is -2.22. The minimum Gasteiger partial charge on any atom is -0.395 e. The summed E-state index contributed by atoms with van der Waals surface area (Å²) in [5.41, 5.74) is 0.856. The Kier molecular flexibility index (Phi) is 15.7. The molecule has 0 amide bonds. The van der Waals surface area contributed by atoms with E-state index in [2.05, 4.69) is 70.2 Å². The molecule has 0 aliphatic rings. The molecule has 0 bridgehead atoms. The standard InChI is InChI=1S/C24H42O/c1-5-9-12-15-19-23(18-8-4)24(22-25,20-16-13-10-6-2)21-17-14-11-7-3/h15-21,25H,5-14,22H2,1-4H3/b19-15-,20-16+,21-17+,23-18-. The smallest absolute Gasteiger partial charge is 0.0597 e. The molecular formula is C24H42O. The van der Waals surface area contributed by atoms with Crippen LogP contribution >= 0.6 is 0 Å². The van der Waals surface area contributed by atoms with Gasteiger partial charge >= 0.3 is 0 Å². The topological polar surface area (TPSA) is 20.2 Å². The average Bonchev–Trinajstić information content (AvgIpc) is 2.63. The van der Waals surface area contributed by atoms with Gasteiger partial charge in [0, 0.05) is 0 Å². The van der Waals surface area contributed by atoms with Crippen molar-refractivity contribution in [1.82, 2.24) is 0 Å². The van der Waals surface area contributed by atoms with E-state index in [9.17, 15) is 5.11 Å². The molecule has 0 spiro atoms. The molecule has 0 aromatic carbocycles. The Balaban J connectivity index is 5.50. The molecule has 0 rings (SSSR count). The van der Waals surface area contributed by atoms with Gasteiger partial charge < -0.3 is 5.11 Å². The molecular weight excluding hydrogens is 304 g/mol. The highest BCUT2D eigenvalue weighted by Gasteiger charge is 2.26. The van der Waals surface area contributed by atoms with E-state index < -0.39 is 0 Å². The summed E-state index contributed by atoms with van der Waals surface area (Å²) in [7, 11) is 0. The summed E-state index contributed by atoms with van der Waals surface area (Å²) in [5.74, 6) is 0. The summed E-state index contributed by atoms with van der Waals surface area (Å²) in [6.07, 6.45) is 27.3. The zero-order chi connectivity index (χ0) is 18.8. The van der Waals surface area contributed by atoms with Crippen LogP contribution in [0.3, 0.4) is 0 Å². The van der Waals surface area contributed by atoms with Gasteiger partial charge in [-0.25, -0.2) is 0 Å². The highest BCUT2D eigenvalue weighted by molar-refractivity contribution is 5.37. The summed E-state index contributed by atoms with van der Waals surface area (Å²) in [5, 5.41) is 10.3. The normalized spacial score (nSPS) is 13.7. The van der Waals surface area contributed by atoms with Crippen molar-refractivity contribution in [3.05, 3.63) is 48.1 Å². The second-order valence-electron chi connectivity index (χ2n) is 6.90. The molecule has 0 aromatic rings. The van der Waals surface area contributed by atoms with Gasteiger partial charge in [0.05, 0.1) is 12.0 Å². The molecule has 25 heavy (non-hydrogen) atoms. The highest BCUT2D eigenvalue weighted by atomic mass is 16.3. The van der Waals surface area contributed by atoms with E-state index in [0.29, 0.717) is 0 Å². The maximum absolute atomic E-state index is 10.3. The number of hydrogen-bond donors (Lipinski definition) is 1. The zero-order valence-corrected chi connectivity index (χ0v) is 17.3. The van der Waals surface area contributed by atoms with Gasteiger partial charge in [-0.1, -0.05) is 109 Å². The Bertz CT molecular complexity index is 394. The van der Waals surface area contributed by atoms with E-state index in [0.717, 1.165) is 25.7 Å². The van der Waals surface area contributed by atoms with Crippen molar-refractivity contribution >= 4 is 0 Å². The van der Waals surface area contributed by atoms with Crippen molar-refractivity contribution in [1.29, 1.82) is 0 Å². The summed E-state index contributed by atoms with van der Waals surface area (Å²) in [4.78, 5) is 0. The minimum absolute atomic E-state index is 0.127. The minimum atomic E-state index is -0.375. The molecule has 0 aliphatic heterocycles. The predicted octanol–water partition coefficient (Wildman–Crippen LogP) is 7.54.